The topological polar surface area (TPSA) is 70.7 Å². The third-order valence-corrected chi connectivity index (χ3v) is 5.82. The number of nitrogens with one attached hydrogen (secondary N) is 1. The number of aryl methyl sites for hydroxylation is 2. The first-order chi connectivity index (χ1) is 12.5. The van der Waals surface area contributed by atoms with E-state index >= 15 is 0 Å². The third kappa shape index (κ3) is 3.82. The van der Waals surface area contributed by atoms with Crippen molar-refractivity contribution in [1.29, 1.82) is 5.26 Å². The number of benzene rings is 1. The number of hydrogen-bond acceptors (Lipinski definition) is 5. The Morgan fingerprint density at radius 1 is 1.38 bits per heavy atom. The Morgan fingerprint density at radius 3 is 2.96 bits per heavy atom. The van der Waals surface area contributed by atoms with Crippen LogP contribution in [0.1, 0.15) is 23.6 Å². The van der Waals surface area contributed by atoms with Crippen LogP contribution in [0.2, 0.25) is 0 Å². The molecule has 3 aromatic rings. The average Bonchev–Trinajstić information content (AvgIpc) is 3.26. The number of nitrogens with zero attached hydrogens (tertiary/aromatic N) is 3. The average molecular weight is 383 g/mol. The molecular weight excluding hydrogens is 364 g/mol. The molecule has 2 heterocycles. The number of hydrogen-bond donors (Lipinski definition) is 1. The Morgan fingerprint density at radius 2 is 2.19 bits per heavy atom. The van der Waals surface area contributed by atoms with Gasteiger partial charge in [0, 0.05) is 12.4 Å². The number of imidazole rings is 1. The molecule has 7 heteroatoms. The number of anilines is 1. The van der Waals surface area contributed by atoms with Crippen LogP contribution in [0.3, 0.4) is 0 Å². The summed E-state index contributed by atoms with van der Waals surface area (Å²) < 4.78 is 2.00. The van der Waals surface area contributed by atoms with E-state index < -0.39 is 0 Å². The van der Waals surface area contributed by atoms with Crippen LogP contribution in [0.5, 0.6) is 0 Å². The molecule has 1 amide bonds. The number of carbonyl (C=O) groups excluding carboxylic acids is 1. The summed E-state index contributed by atoms with van der Waals surface area (Å²) >= 11 is 2.74. The smallest absolute Gasteiger partial charge is 0.238 e. The first-order valence-electron chi connectivity index (χ1n) is 8.05. The predicted molar refractivity (Wildman–Crippen MR) is 106 cm³/mol. The van der Waals surface area contributed by atoms with Gasteiger partial charge in [-0.25, -0.2) is 4.98 Å². The minimum Gasteiger partial charge on any atom is -0.316 e. The molecule has 0 spiro atoms. The first kappa shape index (κ1) is 18.2. The van der Waals surface area contributed by atoms with Crippen LogP contribution in [0.15, 0.2) is 47.2 Å². The summed E-state index contributed by atoms with van der Waals surface area (Å²) in [6.45, 7) is 5.94. The predicted octanol–water partition coefficient (Wildman–Crippen LogP) is 4.54. The number of aromatic nitrogens is 2. The van der Waals surface area contributed by atoms with Gasteiger partial charge in [-0.2, -0.15) is 5.26 Å². The monoisotopic (exact) mass is 382 g/mol. The van der Waals surface area contributed by atoms with Gasteiger partial charge in [0.25, 0.3) is 0 Å². The molecule has 0 aliphatic heterocycles. The number of amides is 1. The maximum absolute atomic E-state index is 12.5. The quantitative estimate of drug-likeness (QED) is 0.658. The molecule has 1 atom stereocenters. The van der Waals surface area contributed by atoms with Crippen LogP contribution >= 0.6 is 23.1 Å². The lowest BCUT2D eigenvalue weighted by molar-refractivity contribution is -0.115. The fourth-order valence-corrected chi connectivity index (χ4v) is 4.08. The highest BCUT2D eigenvalue weighted by molar-refractivity contribution is 8.00. The highest BCUT2D eigenvalue weighted by atomic mass is 32.2. The van der Waals surface area contributed by atoms with Crippen molar-refractivity contribution in [2.75, 3.05) is 5.32 Å². The van der Waals surface area contributed by atoms with Gasteiger partial charge in [-0.05, 0) is 49.4 Å². The zero-order chi connectivity index (χ0) is 18.7. The van der Waals surface area contributed by atoms with Crippen molar-refractivity contribution in [1.82, 2.24) is 9.55 Å². The van der Waals surface area contributed by atoms with Crippen LogP contribution in [-0.2, 0) is 4.79 Å². The standard InChI is InChI=1S/C19H18N4OS2/c1-12-4-5-13(2)16(10-12)23-8-7-21-19(23)26-14(3)17(24)22-18-15(11-20)6-9-25-18/h4-10,14H,1-3H3,(H,22,24). The summed E-state index contributed by atoms with van der Waals surface area (Å²) in [4.78, 5) is 16.9. The summed E-state index contributed by atoms with van der Waals surface area (Å²) in [6, 6.07) is 10.0. The molecule has 1 unspecified atom stereocenters. The molecule has 0 aliphatic carbocycles. The number of carbonyl (C=O) groups is 1. The largest absolute Gasteiger partial charge is 0.316 e. The molecule has 0 saturated carbocycles. The van der Waals surface area contributed by atoms with Crippen molar-refractivity contribution < 1.29 is 4.79 Å². The Balaban J connectivity index is 1.78. The van der Waals surface area contributed by atoms with Crippen LogP contribution in [0.4, 0.5) is 5.00 Å². The van der Waals surface area contributed by atoms with E-state index in [1.165, 1.54) is 28.7 Å². The van der Waals surface area contributed by atoms with Crippen LogP contribution in [0, 0.1) is 25.2 Å². The molecule has 1 aromatic carbocycles. The zero-order valence-electron chi connectivity index (χ0n) is 14.7. The van der Waals surface area contributed by atoms with Gasteiger partial charge < -0.3 is 5.32 Å². The summed E-state index contributed by atoms with van der Waals surface area (Å²) in [7, 11) is 0. The van der Waals surface area contributed by atoms with Crippen LogP contribution in [-0.4, -0.2) is 20.7 Å². The molecule has 26 heavy (non-hydrogen) atoms. The molecule has 0 radical (unpaired) electrons. The highest BCUT2D eigenvalue weighted by Gasteiger charge is 2.20. The zero-order valence-corrected chi connectivity index (χ0v) is 16.3. The first-order valence-corrected chi connectivity index (χ1v) is 9.81. The summed E-state index contributed by atoms with van der Waals surface area (Å²) in [5.74, 6) is -0.149. The lowest BCUT2D eigenvalue weighted by atomic mass is 10.1. The SMILES string of the molecule is Cc1ccc(C)c(-n2ccnc2SC(C)C(=O)Nc2sccc2C#N)c1. The van der Waals surface area contributed by atoms with Crippen molar-refractivity contribution in [2.45, 2.75) is 31.2 Å². The molecule has 0 bridgehead atoms. The Kier molecular flexibility index (Phi) is 5.45. The van der Waals surface area contributed by atoms with Gasteiger partial charge in [-0.15, -0.1) is 11.3 Å². The van der Waals surface area contributed by atoms with E-state index in [-0.39, 0.29) is 11.2 Å². The van der Waals surface area contributed by atoms with Gasteiger partial charge in [0.2, 0.25) is 5.91 Å². The molecular formula is C19H18N4OS2. The van der Waals surface area contributed by atoms with Crippen molar-refractivity contribution in [3.05, 3.63) is 58.7 Å². The van der Waals surface area contributed by atoms with Crippen molar-refractivity contribution in [3.8, 4) is 11.8 Å². The molecule has 0 aliphatic rings. The molecule has 0 saturated heterocycles. The van der Waals surface area contributed by atoms with E-state index in [1.54, 1.807) is 17.6 Å². The number of thioether (sulfide) groups is 1. The summed E-state index contributed by atoms with van der Waals surface area (Å²) in [5.41, 5.74) is 3.85. The Hall–Kier alpha value is -2.56. The minimum absolute atomic E-state index is 0.149. The van der Waals surface area contributed by atoms with Gasteiger partial charge in [0.15, 0.2) is 5.16 Å². The van der Waals surface area contributed by atoms with Gasteiger partial charge >= 0.3 is 0 Å². The fourth-order valence-electron chi connectivity index (χ4n) is 2.46. The molecule has 3 rings (SSSR count). The Bertz CT molecular complexity index is 984. The lowest BCUT2D eigenvalue weighted by Crippen LogP contribution is -2.22. The fraction of sp³-hybridized carbons (Fsp3) is 0.211. The second-order valence-electron chi connectivity index (χ2n) is 5.89. The molecule has 5 nitrogen and oxygen atoms in total. The van der Waals surface area contributed by atoms with Crippen LogP contribution < -0.4 is 5.32 Å². The molecule has 132 valence electrons. The van der Waals surface area contributed by atoms with E-state index in [4.69, 9.17) is 5.26 Å². The van der Waals surface area contributed by atoms with E-state index in [2.05, 4.69) is 48.4 Å². The third-order valence-electron chi connectivity index (χ3n) is 3.90. The van der Waals surface area contributed by atoms with E-state index in [0.29, 0.717) is 10.6 Å². The second-order valence-corrected chi connectivity index (χ2v) is 8.12. The van der Waals surface area contributed by atoms with Crippen molar-refractivity contribution >= 4 is 34.0 Å². The second kappa shape index (κ2) is 7.77. The maximum atomic E-state index is 12.5. The van der Waals surface area contributed by atoms with E-state index in [9.17, 15) is 4.79 Å². The molecule has 2 aromatic heterocycles. The normalized spacial score (nSPS) is 11.8. The molecule has 1 N–H and O–H groups in total. The van der Waals surface area contributed by atoms with Gasteiger partial charge in [-0.1, -0.05) is 23.9 Å². The number of thiophene rings is 1. The lowest BCUT2D eigenvalue weighted by Gasteiger charge is -2.14. The highest BCUT2D eigenvalue weighted by Crippen LogP contribution is 2.28. The van der Waals surface area contributed by atoms with Gasteiger partial charge in [0.1, 0.15) is 11.1 Å². The number of nitriles is 1. The summed E-state index contributed by atoms with van der Waals surface area (Å²) in [5, 5.41) is 14.7. The van der Waals surface area contributed by atoms with E-state index in [1.807, 2.05) is 17.7 Å². The summed E-state index contributed by atoms with van der Waals surface area (Å²) in [6.07, 6.45) is 3.64. The van der Waals surface area contributed by atoms with E-state index in [0.717, 1.165) is 16.4 Å². The van der Waals surface area contributed by atoms with Gasteiger partial charge in [0.05, 0.1) is 16.5 Å². The molecule has 0 fully saturated rings. The Labute approximate surface area is 160 Å². The van der Waals surface area contributed by atoms with Crippen LogP contribution in [0.25, 0.3) is 5.69 Å². The van der Waals surface area contributed by atoms with Crippen molar-refractivity contribution in [3.63, 3.8) is 0 Å². The maximum Gasteiger partial charge on any atom is 0.238 e. The minimum atomic E-state index is -0.352. The van der Waals surface area contributed by atoms with Crippen molar-refractivity contribution in [2.24, 2.45) is 0 Å². The number of rotatable bonds is 5. The van der Waals surface area contributed by atoms with Gasteiger partial charge in [-0.3, -0.25) is 9.36 Å².